The molecule has 0 atom stereocenters. The van der Waals surface area contributed by atoms with E-state index in [1.807, 2.05) is 16.8 Å². The average Bonchev–Trinajstić information content (AvgIpc) is 3.27. The maximum atomic E-state index is 11.8. The van der Waals surface area contributed by atoms with Gasteiger partial charge in [-0.05, 0) is 30.5 Å². The molecule has 0 spiro atoms. The second-order valence-electron chi connectivity index (χ2n) is 5.55. The summed E-state index contributed by atoms with van der Waals surface area (Å²) in [6.45, 7) is 1.30. The Labute approximate surface area is 139 Å². The molecule has 2 aromatic rings. The van der Waals surface area contributed by atoms with Gasteiger partial charge in [0, 0.05) is 31.9 Å². The number of ketones is 1. The number of unbranched alkanes of at least 4 members (excludes halogenated alkanes) is 1. The number of carbonyl (C=O) groups excluding carboxylic acids is 2. The van der Waals surface area contributed by atoms with E-state index in [0.29, 0.717) is 17.9 Å². The lowest BCUT2D eigenvalue weighted by atomic mass is 10.1. The molecule has 2 heterocycles. The molecule has 0 saturated carbocycles. The molecular weight excluding hydrogens is 310 g/mol. The summed E-state index contributed by atoms with van der Waals surface area (Å²) in [6, 6.07) is 5.43. The van der Waals surface area contributed by atoms with Crippen LogP contribution in [0.25, 0.3) is 0 Å². The van der Waals surface area contributed by atoms with E-state index in [0.717, 1.165) is 18.5 Å². The Morgan fingerprint density at radius 3 is 2.92 bits per heavy atom. The number of benzene rings is 1. The molecule has 3 rings (SSSR count). The average molecular weight is 329 g/mol. The van der Waals surface area contributed by atoms with Crippen LogP contribution in [0.1, 0.15) is 24.8 Å². The van der Waals surface area contributed by atoms with Crippen molar-refractivity contribution in [1.82, 2.24) is 14.9 Å². The Morgan fingerprint density at radius 1 is 1.21 bits per heavy atom. The summed E-state index contributed by atoms with van der Waals surface area (Å²) in [5.74, 6) is 0.420. The topological polar surface area (TPSA) is 82.5 Å². The van der Waals surface area contributed by atoms with E-state index in [1.165, 1.54) is 0 Å². The minimum Gasteiger partial charge on any atom is -0.454 e. The summed E-state index contributed by atoms with van der Waals surface area (Å²) >= 11 is 0. The highest BCUT2D eigenvalue weighted by atomic mass is 16.7. The van der Waals surface area contributed by atoms with Crippen molar-refractivity contribution >= 4 is 11.7 Å². The molecule has 1 N–H and O–H groups in total. The molecule has 0 unspecified atom stereocenters. The predicted molar refractivity (Wildman–Crippen MR) is 85.5 cm³/mol. The van der Waals surface area contributed by atoms with Crippen molar-refractivity contribution < 1.29 is 19.1 Å². The van der Waals surface area contributed by atoms with Crippen LogP contribution < -0.4 is 14.8 Å². The maximum absolute atomic E-state index is 11.8. The van der Waals surface area contributed by atoms with Gasteiger partial charge in [0.25, 0.3) is 5.91 Å². The number of Topliss-reactive ketones (excluding diaryl/α,β-unsaturated/α-hetero) is 1. The molecule has 1 aliphatic rings. The Hall–Kier alpha value is -2.83. The van der Waals surface area contributed by atoms with Gasteiger partial charge in [-0.25, -0.2) is 4.98 Å². The summed E-state index contributed by atoms with van der Waals surface area (Å²) in [4.78, 5) is 27.6. The van der Waals surface area contributed by atoms with Gasteiger partial charge in [-0.2, -0.15) is 0 Å². The molecule has 0 bridgehead atoms. The third-order valence-electron chi connectivity index (χ3n) is 3.77. The van der Waals surface area contributed by atoms with E-state index in [1.54, 1.807) is 24.7 Å². The Kier molecular flexibility index (Phi) is 5.10. The molecule has 24 heavy (non-hydrogen) atoms. The zero-order chi connectivity index (χ0) is 16.8. The molecule has 1 aliphatic heterocycles. The molecule has 126 valence electrons. The minimum absolute atomic E-state index is 0.211. The predicted octanol–water partition coefficient (Wildman–Crippen LogP) is 1.67. The number of rotatable bonds is 8. The third kappa shape index (κ3) is 4.13. The van der Waals surface area contributed by atoms with E-state index in [2.05, 4.69) is 10.3 Å². The summed E-state index contributed by atoms with van der Waals surface area (Å²) in [5, 5.41) is 2.64. The molecule has 0 fully saturated rings. The van der Waals surface area contributed by atoms with Gasteiger partial charge in [-0.3, -0.25) is 9.59 Å². The SMILES string of the molecule is O=C(CCCCn1ccnc1)C(=O)NCc1ccc2c(c1)OCO2. The van der Waals surface area contributed by atoms with Crippen LogP contribution in [0, 0.1) is 0 Å². The van der Waals surface area contributed by atoms with Gasteiger partial charge in [0.1, 0.15) is 0 Å². The smallest absolute Gasteiger partial charge is 0.287 e. The second-order valence-corrected chi connectivity index (χ2v) is 5.55. The van der Waals surface area contributed by atoms with Crippen molar-refractivity contribution in [3.8, 4) is 11.5 Å². The normalized spacial score (nSPS) is 12.2. The lowest BCUT2D eigenvalue weighted by Crippen LogP contribution is -2.30. The van der Waals surface area contributed by atoms with E-state index in [9.17, 15) is 9.59 Å². The first-order chi connectivity index (χ1) is 11.7. The van der Waals surface area contributed by atoms with Crippen LogP contribution in [-0.4, -0.2) is 28.0 Å². The number of aromatic nitrogens is 2. The van der Waals surface area contributed by atoms with Gasteiger partial charge in [0.15, 0.2) is 11.5 Å². The molecule has 1 aromatic carbocycles. The van der Waals surface area contributed by atoms with Crippen LogP contribution in [0.3, 0.4) is 0 Å². The monoisotopic (exact) mass is 329 g/mol. The van der Waals surface area contributed by atoms with Crippen LogP contribution in [0.2, 0.25) is 0 Å². The van der Waals surface area contributed by atoms with Gasteiger partial charge >= 0.3 is 0 Å². The summed E-state index contributed by atoms with van der Waals surface area (Å²) in [5.41, 5.74) is 0.862. The molecule has 0 aliphatic carbocycles. The van der Waals surface area contributed by atoms with Crippen molar-refractivity contribution in [3.05, 3.63) is 42.5 Å². The molecule has 0 saturated heterocycles. The number of carbonyl (C=O) groups is 2. The number of nitrogens with zero attached hydrogens (tertiary/aromatic N) is 2. The van der Waals surface area contributed by atoms with Crippen molar-refractivity contribution in [2.75, 3.05) is 6.79 Å². The van der Waals surface area contributed by atoms with Crippen LogP contribution >= 0.6 is 0 Å². The fourth-order valence-corrected chi connectivity index (χ4v) is 2.44. The van der Waals surface area contributed by atoms with Crippen LogP contribution in [-0.2, 0) is 22.7 Å². The van der Waals surface area contributed by atoms with E-state index in [-0.39, 0.29) is 25.5 Å². The van der Waals surface area contributed by atoms with Gasteiger partial charge < -0.3 is 19.4 Å². The first kappa shape index (κ1) is 16.0. The van der Waals surface area contributed by atoms with Gasteiger partial charge in [-0.15, -0.1) is 0 Å². The van der Waals surface area contributed by atoms with Crippen molar-refractivity contribution in [2.45, 2.75) is 32.4 Å². The number of hydrogen-bond donors (Lipinski definition) is 1. The first-order valence-electron chi connectivity index (χ1n) is 7.87. The van der Waals surface area contributed by atoms with Crippen molar-refractivity contribution in [1.29, 1.82) is 0 Å². The lowest BCUT2D eigenvalue weighted by molar-refractivity contribution is -0.138. The summed E-state index contributed by atoms with van der Waals surface area (Å²) < 4.78 is 12.5. The fraction of sp³-hybridized carbons (Fsp3) is 0.353. The van der Waals surface area contributed by atoms with Gasteiger partial charge in [-0.1, -0.05) is 6.07 Å². The zero-order valence-corrected chi connectivity index (χ0v) is 13.2. The number of aryl methyl sites for hydroxylation is 1. The Balaban J connectivity index is 1.37. The first-order valence-corrected chi connectivity index (χ1v) is 7.87. The summed E-state index contributed by atoms with van der Waals surface area (Å²) in [7, 11) is 0. The highest BCUT2D eigenvalue weighted by Gasteiger charge is 2.15. The number of fused-ring (bicyclic) bond motifs is 1. The Bertz CT molecular complexity index is 713. The number of hydrogen-bond acceptors (Lipinski definition) is 5. The molecule has 1 aromatic heterocycles. The lowest BCUT2D eigenvalue weighted by Gasteiger charge is -2.06. The minimum atomic E-state index is -0.546. The number of amides is 1. The summed E-state index contributed by atoms with van der Waals surface area (Å²) in [6.07, 6.45) is 7.09. The highest BCUT2D eigenvalue weighted by molar-refractivity contribution is 6.36. The van der Waals surface area contributed by atoms with Gasteiger partial charge in [0.2, 0.25) is 12.6 Å². The molecule has 1 amide bonds. The molecule has 7 nitrogen and oxygen atoms in total. The maximum Gasteiger partial charge on any atom is 0.287 e. The largest absolute Gasteiger partial charge is 0.454 e. The van der Waals surface area contributed by atoms with E-state index >= 15 is 0 Å². The van der Waals surface area contributed by atoms with E-state index in [4.69, 9.17) is 9.47 Å². The molecule has 0 radical (unpaired) electrons. The van der Waals surface area contributed by atoms with E-state index < -0.39 is 5.91 Å². The molecule has 7 heteroatoms. The van der Waals surface area contributed by atoms with Crippen LogP contribution in [0.15, 0.2) is 36.9 Å². The number of nitrogens with one attached hydrogen (secondary N) is 1. The fourth-order valence-electron chi connectivity index (χ4n) is 2.44. The van der Waals surface area contributed by atoms with Gasteiger partial charge in [0.05, 0.1) is 6.33 Å². The highest BCUT2D eigenvalue weighted by Crippen LogP contribution is 2.32. The number of ether oxygens (including phenoxy) is 2. The standard InChI is InChI=1S/C17H19N3O4/c21-14(3-1-2-7-20-8-6-18-11-20)17(22)19-10-13-4-5-15-16(9-13)24-12-23-15/h4-6,8-9,11H,1-3,7,10,12H2,(H,19,22). The third-order valence-corrected chi connectivity index (χ3v) is 3.77. The molecular formula is C17H19N3O4. The zero-order valence-electron chi connectivity index (χ0n) is 13.2. The quantitative estimate of drug-likeness (QED) is 0.588. The number of imidazole rings is 1. The van der Waals surface area contributed by atoms with Crippen LogP contribution in [0.4, 0.5) is 0 Å². The van der Waals surface area contributed by atoms with Crippen molar-refractivity contribution in [2.24, 2.45) is 0 Å². The Morgan fingerprint density at radius 2 is 2.08 bits per heavy atom. The second kappa shape index (κ2) is 7.63. The van der Waals surface area contributed by atoms with Crippen LogP contribution in [0.5, 0.6) is 11.5 Å². The van der Waals surface area contributed by atoms with Crippen molar-refractivity contribution in [3.63, 3.8) is 0 Å².